The van der Waals surface area contributed by atoms with Gasteiger partial charge in [-0.15, -0.1) is 0 Å². The monoisotopic (exact) mass is 449 g/mol. The lowest BCUT2D eigenvalue weighted by atomic mass is 10.1. The number of sulfonamides is 1. The lowest BCUT2D eigenvalue weighted by molar-refractivity contribution is 0.0525. The second-order valence-corrected chi connectivity index (χ2v) is 9.20. The number of H-pyrrole nitrogens is 1. The summed E-state index contributed by atoms with van der Waals surface area (Å²) in [5, 5.41) is 2.72. The molecule has 10 heteroatoms. The molecule has 3 rings (SSSR count). The van der Waals surface area contributed by atoms with Crippen LogP contribution < -0.4 is 5.32 Å². The van der Waals surface area contributed by atoms with Crippen molar-refractivity contribution in [2.24, 2.45) is 0 Å². The molecule has 0 unspecified atom stereocenters. The number of aromatic nitrogens is 1. The minimum absolute atomic E-state index is 0.138. The quantitative estimate of drug-likeness (QED) is 0.654. The van der Waals surface area contributed by atoms with Crippen molar-refractivity contribution in [3.05, 3.63) is 46.3 Å². The lowest BCUT2D eigenvalue weighted by Gasteiger charge is -2.26. The maximum absolute atomic E-state index is 13.1. The molecule has 0 radical (unpaired) electrons. The normalized spacial score (nSPS) is 15.0. The number of hydrogen-bond donors (Lipinski definition) is 2. The van der Waals surface area contributed by atoms with Gasteiger partial charge in [0, 0.05) is 24.5 Å². The largest absolute Gasteiger partial charge is 0.462 e. The van der Waals surface area contributed by atoms with Crippen LogP contribution in [0.15, 0.2) is 23.1 Å². The molecule has 2 aromatic rings. The fraction of sp³-hybridized carbons (Fsp3) is 0.429. The molecule has 2 heterocycles. The highest BCUT2D eigenvalue weighted by Gasteiger charge is 2.28. The molecule has 168 valence electrons. The summed E-state index contributed by atoms with van der Waals surface area (Å²) in [5.74, 6) is -0.975. The number of ether oxygens (including phenoxy) is 2. The first-order chi connectivity index (χ1) is 14.7. The number of carbonyl (C=O) groups excluding carboxylic acids is 2. The fourth-order valence-corrected chi connectivity index (χ4v) is 5.22. The molecule has 1 aliphatic rings. The van der Waals surface area contributed by atoms with Gasteiger partial charge in [-0.3, -0.25) is 4.79 Å². The van der Waals surface area contributed by atoms with Crippen LogP contribution in [0.2, 0.25) is 0 Å². The van der Waals surface area contributed by atoms with E-state index in [2.05, 4.69) is 10.3 Å². The average molecular weight is 450 g/mol. The van der Waals surface area contributed by atoms with Crippen LogP contribution in [0.5, 0.6) is 0 Å². The molecule has 1 saturated heterocycles. The summed E-state index contributed by atoms with van der Waals surface area (Å²) in [6, 6.07) is 4.75. The summed E-state index contributed by atoms with van der Waals surface area (Å²) in [6.07, 6.45) is 0. The summed E-state index contributed by atoms with van der Waals surface area (Å²) in [4.78, 5) is 28.1. The molecule has 31 heavy (non-hydrogen) atoms. The topological polar surface area (TPSA) is 118 Å². The summed E-state index contributed by atoms with van der Waals surface area (Å²) in [5.41, 5.74) is 2.47. The van der Waals surface area contributed by atoms with Gasteiger partial charge in [-0.05, 0) is 51.0 Å². The number of morpholine rings is 1. The zero-order valence-corrected chi connectivity index (χ0v) is 18.9. The highest BCUT2D eigenvalue weighted by molar-refractivity contribution is 7.89. The third-order valence-corrected chi connectivity index (χ3v) is 7.22. The zero-order chi connectivity index (χ0) is 22.8. The number of aromatic amines is 1. The van der Waals surface area contributed by atoms with E-state index < -0.39 is 21.9 Å². The van der Waals surface area contributed by atoms with Crippen LogP contribution in [-0.4, -0.2) is 62.5 Å². The minimum atomic E-state index is -3.71. The number of anilines is 1. The van der Waals surface area contributed by atoms with E-state index in [0.29, 0.717) is 41.3 Å². The Morgan fingerprint density at radius 1 is 1.19 bits per heavy atom. The number of nitrogens with one attached hydrogen (secondary N) is 2. The van der Waals surface area contributed by atoms with Gasteiger partial charge in [0.25, 0.3) is 5.91 Å². The molecular weight excluding hydrogens is 422 g/mol. The molecule has 1 aliphatic heterocycles. The number of aryl methyl sites for hydroxylation is 2. The summed E-state index contributed by atoms with van der Waals surface area (Å²) in [6.45, 7) is 8.28. The second-order valence-electron chi connectivity index (χ2n) is 7.30. The van der Waals surface area contributed by atoms with Gasteiger partial charge in [0.2, 0.25) is 10.0 Å². The number of carbonyl (C=O) groups is 2. The summed E-state index contributed by atoms with van der Waals surface area (Å²) < 4.78 is 37.8. The third-order valence-electron chi connectivity index (χ3n) is 5.18. The number of esters is 1. The van der Waals surface area contributed by atoms with E-state index in [1.807, 2.05) is 0 Å². The molecule has 0 spiro atoms. The van der Waals surface area contributed by atoms with Crippen LogP contribution in [-0.2, 0) is 19.5 Å². The van der Waals surface area contributed by atoms with Gasteiger partial charge >= 0.3 is 5.97 Å². The van der Waals surface area contributed by atoms with Crippen LogP contribution in [0.25, 0.3) is 0 Å². The van der Waals surface area contributed by atoms with Gasteiger partial charge in [-0.2, -0.15) is 4.31 Å². The maximum atomic E-state index is 13.1. The Morgan fingerprint density at radius 2 is 1.87 bits per heavy atom. The van der Waals surface area contributed by atoms with Crippen molar-refractivity contribution >= 4 is 27.6 Å². The molecule has 0 bridgehead atoms. The fourth-order valence-electron chi connectivity index (χ4n) is 3.56. The van der Waals surface area contributed by atoms with Gasteiger partial charge in [-0.25, -0.2) is 13.2 Å². The summed E-state index contributed by atoms with van der Waals surface area (Å²) in [7, 11) is -3.71. The molecule has 1 aromatic heterocycles. The first kappa shape index (κ1) is 23.0. The Hall–Kier alpha value is -2.69. The Bertz CT molecular complexity index is 1100. The van der Waals surface area contributed by atoms with Crippen LogP contribution in [0.4, 0.5) is 5.69 Å². The molecule has 0 atom stereocenters. The van der Waals surface area contributed by atoms with E-state index in [0.717, 1.165) is 0 Å². The molecule has 1 fully saturated rings. The van der Waals surface area contributed by atoms with Crippen LogP contribution in [0, 0.1) is 20.8 Å². The Balaban J connectivity index is 1.87. The Morgan fingerprint density at radius 3 is 2.52 bits per heavy atom. The maximum Gasteiger partial charge on any atom is 0.340 e. The van der Waals surface area contributed by atoms with Gasteiger partial charge in [0.15, 0.2) is 0 Å². The number of rotatable bonds is 6. The molecule has 1 amide bonds. The zero-order valence-electron chi connectivity index (χ0n) is 18.1. The van der Waals surface area contributed by atoms with Crippen molar-refractivity contribution in [2.45, 2.75) is 32.6 Å². The standard InChI is InChI=1S/C21H27N3O6S/c1-5-30-21(26)18-14(3)19(22-15(18)4)20(25)23-16-7-6-13(2)17(12-16)31(27,28)24-8-10-29-11-9-24/h6-7,12,22H,5,8-11H2,1-4H3,(H,23,25). The van der Waals surface area contributed by atoms with Crippen molar-refractivity contribution in [3.8, 4) is 0 Å². The highest BCUT2D eigenvalue weighted by Crippen LogP contribution is 2.26. The third kappa shape index (κ3) is 4.65. The van der Waals surface area contributed by atoms with Crippen LogP contribution in [0.1, 0.15) is 44.6 Å². The van der Waals surface area contributed by atoms with Gasteiger partial charge in [0.1, 0.15) is 5.69 Å². The molecule has 1 aromatic carbocycles. The SMILES string of the molecule is CCOC(=O)c1c(C)[nH]c(C(=O)Nc2ccc(C)c(S(=O)(=O)N3CCOCC3)c2)c1C. The van der Waals surface area contributed by atoms with Gasteiger partial charge in [0.05, 0.1) is 30.3 Å². The van der Waals surface area contributed by atoms with Crippen molar-refractivity contribution in [1.29, 1.82) is 0 Å². The number of benzene rings is 1. The van der Waals surface area contributed by atoms with Crippen molar-refractivity contribution in [2.75, 3.05) is 38.2 Å². The number of hydrogen-bond acceptors (Lipinski definition) is 6. The van der Waals surface area contributed by atoms with E-state index in [4.69, 9.17) is 9.47 Å². The highest BCUT2D eigenvalue weighted by atomic mass is 32.2. The molecular formula is C21H27N3O6S. The van der Waals surface area contributed by atoms with Crippen molar-refractivity contribution in [3.63, 3.8) is 0 Å². The van der Waals surface area contributed by atoms with E-state index in [9.17, 15) is 18.0 Å². The van der Waals surface area contributed by atoms with E-state index in [1.165, 1.54) is 10.4 Å². The van der Waals surface area contributed by atoms with Crippen LogP contribution in [0.3, 0.4) is 0 Å². The predicted octanol–water partition coefficient (Wildman–Crippen LogP) is 2.39. The van der Waals surface area contributed by atoms with Crippen LogP contribution >= 0.6 is 0 Å². The first-order valence-electron chi connectivity index (χ1n) is 10.0. The first-order valence-corrected chi connectivity index (χ1v) is 11.5. The van der Waals surface area contributed by atoms with E-state index in [1.54, 1.807) is 39.8 Å². The van der Waals surface area contributed by atoms with Gasteiger partial charge < -0.3 is 19.8 Å². The Labute approximate surface area is 181 Å². The molecule has 0 saturated carbocycles. The summed E-state index contributed by atoms with van der Waals surface area (Å²) >= 11 is 0. The second kappa shape index (κ2) is 9.21. The molecule has 2 N–H and O–H groups in total. The van der Waals surface area contributed by atoms with Crippen molar-refractivity contribution in [1.82, 2.24) is 9.29 Å². The lowest BCUT2D eigenvalue weighted by Crippen LogP contribution is -2.40. The van der Waals surface area contributed by atoms with E-state index >= 15 is 0 Å². The van der Waals surface area contributed by atoms with Crippen molar-refractivity contribution < 1.29 is 27.5 Å². The average Bonchev–Trinajstić information content (AvgIpc) is 3.04. The minimum Gasteiger partial charge on any atom is -0.462 e. The van der Waals surface area contributed by atoms with E-state index in [-0.39, 0.29) is 30.3 Å². The number of amides is 1. The van der Waals surface area contributed by atoms with Gasteiger partial charge in [-0.1, -0.05) is 6.07 Å². The molecule has 0 aliphatic carbocycles. The predicted molar refractivity (Wildman–Crippen MR) is 115 cm³/mol. The Kier molecular flexibility index (Phi) is 6.83. The smallest absolute Gasteiger partial charge is 0.340 e. The molecule has 9 nitrogen and oxygen atoms in total. The number of nitrogens with zero attached hydrogens (tertiary/aromatic N) is 1.